The van der Waals surface area contributed by atoms with Gasteiger partial charge in [-0.3, -0.25) is 14.7 Å². The fourth-order valence-electron chi connectivity index (χ4n) is 3.39. The van der Waals surface area contributed by atoms with Gasteiger partial charge in [-0.15, -0.1) is 0 Å². The van der Waals surface area contributed by atoms with Gasteiger partial charge in [0.15, 0.2) is 0 Å². The van der Waals surface area contributed by atoms with Crippen LogP contribution in [0.25, 0.3) is 5.95 Å². The molecule has 128 valence electrons. The number of aromatic amines is 1. The first-order valence-corrected chi connectivity index (χ1v) is 8.52. The molecule has 4 rings (SSSR count). The van der Waals surface area contributed by atoms with E-state index >= 15 is 0 Å². The van der Waals surface area contributed by atoms with Crippen LogP contribution in [0.1, 0.15) is 28.2 Å². The van der Waals surface area contributed by atoms with E-state index in [-0.39, 0.29) is 5.56 Å². The highest BCUT2D eigenvalue weighted by Crippen LogP contribution is 2.17. The van der Waals surface area contributed by atoms with Crippen LogP contribution in [0, 0.1) is 13.8 Å². The van der Waals surface area contributed by atoms with Crippen LogP contribution in [0.4, 0.5) is 0 Å². The lowest BCUT2D eigenvalue weighted by atomic mass is 10.1. The third kappa shape index (κ3) is 3.13. The lowest BCUT2D eigenvalue weighted by Crippen LogP contribution is -2.36. The van der Waals surface area contributed by atoms with E-state index in [2.05, 4.69) is 32.1 Å². The number of aryl methyl sites for hydroxylation is 2. The average Bonchev–Trinajstić information content (AvgIpc) is 2.94. The molecular formula is C19H21N5O. The Labute approximate surface area is 146 Å². The van der Waals surface area contributed by atoms with E-state index in [0.717, 1.165) is 42.2 Å². The van der Waals surface area contributed by atoms with Gasteiger partial charge in [-0.1, -0.05) is 30.3 Å². The van der Waals surface area contributed by atoms with Gasteiger partial charge in [-0.2, -0.15) is 5.10 Å². The second-order valence-corrected chi connectivity index (χ2v) is 6.60. The maximum Gasteiger partial charge on any atom is 0.257 e. The average molecular weight is 335 g/mol. The topological polar surface area (TPSA) is 66.8 Å². The minimum atomic E-state index is -0.0645. The predicted octanol–water partition coefficient (Wildman–Crippen LogP) is 2.13. The van der Waals surface area contributed by atoms with Gasteiger partial charge in [-0.05, 0) is 25.5 Å². The number of rotatable bonds is 3. The van der Waals surface area contributed by atoms with Crippen LogP contribution in [0.3, 0.4) is 0 Å². The van der Waals surface area contributed by atoms with Gasteiger partial charge in [0.05, 0.1) is 17.0 Å². The minimum absolute atomic E-state index is 0.0645. The Morgan fingerprint density at radius 2 is 2.00 bits per heavy atom. The molecule has 0 aliphatic carbocycles. The van der Waals surface area contributed by atoms with E-state index in [1.54, 1.807) is 4.68 Å². The molecule has 1 aromatic carbocycles. The molecule has 2 aromatic heterocycles. The molecule has 1 aliphatic rings. The first-order chi connectivity index (χ1) is 12.1. The quantitative estimate of drug-likeness (QED) is 0.796. The van der Waals surface area contributed by atoms with Crippen molar-refractivity contribution in [2.24, 2.45) is 0 Å². The third-order valence-electron chi connectivity index (χ3n) is 4.59. The van der Waals surface area contributed by atoms with Crippen molar-refractivity contribution in [3.63, 3.8) is 0 Å². The number of H-pyrrole nitrogens is 1. The highest BCUT2D eigenvalue weighted by molar-refractivity contribution is 5.27. The van der Waals surface area contributed by atoms with Gasteiger partial charge >= 0.3 is 0 Å². The Hall–Kier alpha value is -2.73. The number of benzene rings is 1. The molecule has 6 nitrogen and oxygen atoms in total. The van der Waals surface area contributed by atoms with Gasteiger partial charge in [-0.25, -0.2) is 9.67 Å². The van der Waals surface area contributed by atoms with E-state index in [9.17, 15) is 4.79 Å². The highest BCUT2D eigenvalue weighted by atomic mass is 16.1. The molecule has 0 saturated heterocycles. The van der Waals surface area contributed by atoms with E-state index in [0.29, 0.717) is 12.5 Å². The Kier molecular flexibility index (Phi) is 3.97. The van der Waals surface area contributed by atoms with Crippen molar-refractivity contribution in [1.82, 2.24) is 24.6 Å². The van der Waals surface area contributed by atoms with Crippen molar-refractivity contribution >= 4 is 0 Å². The largest absolute Gasteiger partial charge is 0.294 e. The molecule has 0 amide bonds. The molecular weight excluding hydrogens is 314 g/mol. The van der Waals surface area contributed by atoms with E-state index in [4.69, 9.17) is 0 Å². The first kappa shape index (κ1) is 15.8. The summed E-state index contributed by atoms with van der Waals surface area (Å²) in [6, 6.07) is 12.3. The van der Waals surface area contributed by atoms with Crippen LogP contribution in [0.15, 0.2) is 41.2 Å². The standard InChI is InChI=1S/C19H21N5O/c1-13-10-14(2)24(22-13)19-20-17-8-9-23(12-16(17)18(25)21-19)11-15-6-4-3-5-7-15/h3-7,10H,8-9,11-12H2,1-2H3,(H,20,21,25). The van der Waals surface area contributed by atoms with Gasteiger partial charge in [0, 0.05) is 31.7 Å². The van der Waals surface area contributed by atoms with Gasteiger partial charge < -0.3 is 0 Å². The number of nitrogens with one attached hydrogen (secondary N) is 1. The monoisotopic (exact) mass is 335 g/mol. The second kappa shape index (κ2) is 6.29. The summed E-state index contributed by atoms with van der Waals surface area (Å²) in [6.45, 7) is 6.26. The van der Waals surface area contributed by atoms with Crippen LogP contribution in [0.2, 0.25) is 0 Å². The zero-order valence-corrected chi connectivity index (χ0v) is 14.5. The summed E-state index contributed by atoms with van der Waals surface area (Å²) in [5, 5.41) is 4.41. The maximum atomic E-state index is 12.6. The number of hydrogen-bond acceptors (Lipinski definition) is 4. The highest BCUT2D eigenvalue weighted by Gasteiger charge is 2.22. The van der Waals surface area contributed by atoms with E-state index < -0.39 is 0 Å². The molecule has 1 N–H and O–H groups in total. The summed E-state index contributed by atoms with van der Waals surface area (Å²) in [5.74, 6) is 0.505. The lowest BCUT2D eigenvalue weighted by molar-refractivity contribution is 0.241. The molecule has 25 heavy (non-hydrogen) atoms. The van der Waals surface area contributed by atoms with E-state index in [1.165, 1.54) is 5.56 Å². The Bertz CT molecular complexity index is 958. The van der Waals surface area contributed by atoms with Crippen LogP contribution < -0.4 is 5.56 Å². The van der Waals surface area contributed by atoms with Gasteiger partial charge in [0.2, 0.25) is 5.95 Å². The minimum Gasteiger partial charge on any atom is -0.294 e. The molecule has 0 unspecified atom stereocenters. The van der Waals surface area contributed by atoms with Crippen LogP contribution in [-0.2, 0) is 19.5 Å². The zero-order valence-electron chi connectivity index (χ0n) is 14.5. The third-order valence-corrected chi connectivity index (χ3v) is 4.59. The molecule has 6 heteroatoms. The summed E-state index contributed by atoms with van der Waals surface area (Å²) in [5.41, 5.74) is 4.72. The molecule has 3 heterocycles. The Balaban J connectivity index is 1.62. The smallest absolute Gasteiger partial charge is 0.257 e. The molecule has 0 radical (unpaired) electrons. The Morgan fingerprint density at radius 1 is 1.20 bits per heavy atom. The number of fused-ring (bicyclic) bond motifs is 1. The molecule has 1 aliphatic heterocycles. The first-order valence-electron chi connectivity index (χ1n) is 8.52. The normalized spacial score (nSPS) is 14.5. The summed E-state index contributed by atoms with van der Waals surface area (Å²) < 4.78 is 1.70. The fraction of sp³-hybridized carbons (Fsp3) is 0.316. The van der Waals surface area contributed by atoms with Crippen LogP contribution in [0.5, 0.6) is 0 Å². The molecule has 3 aromatic rings. The summed E-state index contributed by atoms with van der Waals surface area (Å²) in [7, 11) is 0. The molecule has 0 atom stereocenters. The number of aromatic nitrogens is 4. The molecule has 0 fully saturated rings. The maximum absolute atomic E-state index is 12.6. The van der Waals surface area contributed by atoms with Crippen molar-refractivity contribution in [1.29, 1.82) is 0 Å². The predicted molar refractivity (Wildman–Crippen MR) is 95.7 cm³/mol. The zero-order chi connectivity index (χ0) is 17.4. The molecule has 0 saturated carbocycles. The number of nitrogens with zero attached hydrogens (tertiary/aromatic N) is 4. The summed E-state index contributed by atoms with van der Waals surface area (Å²) in [4.78, 5) is 22.5. The van der Waals surface area contributed by atoms with Crippen molar-refractivity contribution in [2.75, 3.05) is 6.54 Å². The molecule has 0 bridgehead atoms. The van der Waals surface area contributed by atoms with Crippen molar-refractivity contribution in [3.05, 3.63) is 75.0 Å². The SMILES string of the molecule is Cc1cc(C)n(-c2nc3c(c(=O)[nH]2)CN(Cc2ccccc2)CC3)n1. The second-order valence-electron chi connectivity index (χ2n) is 6.60. The number of hydrogen-bond donors (Lipinski definition) is 1. The van der Waals surface area contributed by atoms with Crippen molar-refractivity contribution < 1.29 is 0 Å². The van der Waals surface area contributed by atoms with Gasteiger partial charge in [0.1, 0.15) is 0 Å². The Morgan fingerprint density at radius 3 is 2.72 bits per heavy atom. The lowest BCUT2D eigenvalue weighted by Gasteiger charge is -2.27. The van der Waals surface area contributed by atoms with Gasteiger partial charge in [0.25, 0.3) is 5.56 Å². The summed E-state index contributed by atoms with van der Waals surface area (Å²) in [6.07, 6.45) is 0.776. The fourth-order valence-corrected chi connectivity index (χ4v) is 3.39. The van der Waals surface area contributed by atoms with Crippen molar-refractivity contribution in [2.45, 2.75) is 33.4 Å². The van der Waals surface area contributed by atoms with Crippen LogP contribution >= 0.6 is 0 Å². The molecule has 0 spiro atoms. The van der Waals surface area contributed by atoms with Crippen LogP contribution in [-0.4, -0.2) is 31.2 Å². The summed E-state index contributed by atoms with van der Waals surface area (Å²) >= 11 is 0. The van der Waals surface area contributed by atoms with E-state index in [1.807, 2.05) is 38.1 Å². The van der Waals surface area contributed by atoms with Crippen molar-refractivity contribution in [3.8, 4) is 5.95 Å².